The average molecular weight is 235 g/mol. The average Bonchev–Trinajstić information content (AvgIpc) is 2.23. The van der Waals surface area contributed by atoms with Crippen molar-refractivity contribution in [2.24, 2.45) is 11.8 Å². The molecule has 1 aromatic heterocycles. The zero-order valence-electron chi connectivity index (χ0n) is 10.1. The van der Waals surface area contributed by atoms with Gasteiger partial charge in [-0.05, 0) is 23.6 Å². The molecule has 1 N–H and O–H groups in total. The van der Waals surface area contributed by atoms with Crippen LogP contribution in [-0.4, -0.2) is 29.3 Å². The van der Waals surface area contributed by atoms with Gasteiger partial charge in [0.1, 0.15) is 0 Å². The van der Waals surface area contributed by atoms with Gasteiger partial charge >= 0.3 is 5.97 Å². The molecule has 0 amide bonds. The standard InChI is InChI=1S/C13H17NO3/c1-9(2)11(12(15)16)13(7-17-8-13)10-3-5-14-6-4-10/h3-6,9,11H,7-8H2,1-2H3,(H,15,16). The van der Waals surface area contributed by atoms with Gasteiger partial charge in [-0.1, -0.05) is 13.8 Å². The maximum absolute atomic E-state index is 11.5. The number of rotatable bonds is 4. The first-order chi connectivity index (χ1) is 8.08. The maximum atomic E-state index is 11.5. The van der Waals surface area contributed by atoms with E-state index in [1.165, 1.54) is 0 Å². The van der Waals surface area contributed by atoms with Crippen LogP contribution in [-0.2, 0) is 14.9 Å². The molecule has 4 heteroatoms. The monoisotopic (exact) mass is 235 g/mol. The number of carboxylic acid groups (broad SMARTS) is 1. The summed E-state index contributed by atoms with van der Waals surface area (Å²) in [4.78, 5) is 15.5. The molecule has 17 heavy (non-hydrogen) atoms. The second-order valence-electron chi connectivity index (χ2n) is 4.94. The number of hydrogen-bond donors (Lipinski definition) is 1. The van der Waals surface area contributed by atoms with Crippen LogP contribution < -0.4 is 0 Å². The van der Waals surface area contributed by atoms with Gasteiger partial charge in [-0.3, -0.25) is 9.78 Å². The van der Waals surface area contributed by atoms with Crippen LogP contribution in [0.25, 0.3) is 0 Å². The molecular weight excluding hydrogens is 218 g/mol. The summed E-state index contributed by atoms with van der Waals surface area (Å²) in [6.07, 6.45) is 3.41. The summed E-state index contributed by atoms with van der Waals surface area (Å²) < 4.78 is 5.29. The maximum Gasteiger partial charge on any atom is 0.307 e. The number of nitrogens with zero attached hydrogens (tertiary/aromatic N) is 1. The highest BCUT2D eigenvalue weighted by Crippen LogP contribution is 2.42. The highest BCUT2D eigenvalue weighted by Gasteiger charge is 2.51. The van der Waals surface area contributed by atoms with Crippen LogP contribution in [0.5, 0.6) is 0 Å². The zero-order chi connectivity index (χ0) is 12.5. The van der Waals surface area contributed by atoms with Gasteiger partial charge in [0.05, 0.1) is 24.5 Å². The Balaban J connectivity index is 2.40. The quantitative estimate of drug-likeness (QED) is 0.863. The van der Waals surface area contributed by atoms with Crippen molar-refractivity contribution in [1.82, 2.24) is 4.98 Å². The third-order valence-electron chi connectivity index (χ3n) is 3.50. The van der Waals surface area contributed by atoms with E-state index >= 15 is 0 Å². The first-order valence-electron chi connectivity index (χ1n) is 5.79. The smallest absolute Gasteiger partial charge is 0.307 e. The van der Waals surface area contributed by atoms with E-state index in [0.717, 1.165) is 5.56 Å². The second-order valence-corrected chi connectivity index (χ2v) is 4.94. The minimum Gasteiger partial charge on any atom is -0.481 e. The molecule has 1 unspecified atom stereocenters. The summed E-state index contributed by atoms with van der Waals surface area (Å²) in [6.45, 7) is 4.85. The molecular formula is C13H17NO3. The topological polar surface area (TPSA) is 59.4 Å². The Morgan fingerprint density at radius 3 is 2.35 bits per heavy atom. The summed E-state index contributed by atoms with van der Waals surface area (Å²) >= 11 is 0. The predicted molar refractivity (Wildman–Crippen MR) is 62.7 cm³/mol. The van der Waals surface area contributed by atoms with Crippen LogP contribution in [0, 0.1) is 11.8 Å². The van der Waals surface area contributed by atoms with E-state index in [9.17, 15) is 9.90 Å². The van der Waals surface area contributed by atoms with Crippen molar-refractivity contribution in [1.29, 1.82) is 0 Å². The number of hydrogen-bond acceptors (Lipinski definition) is 3. The number of carbonyl (C=O) groups is 1. The van der Waals surface area contributed by atoms with E-state index in [1.54, 1.807) is 12.4 Å². The van der Waals surface area contributed by atoms with E-state index < -0.39 is 11.9 Å². The van der Waals surface area contributed by atoms with E-state index in [1.807, 2.05) is 26.0 Å². The molecule has 1 saturated heterocycles. The Bertz CT molecular complexity index is 398. The van der Waals surface area contributed by atoms with Crippen molar-refractivity contribution in [2.75, 3.05) is 13.2 Å². The molecule has 2 heterocycles. The van der Waals surface area contributed by atoms with Gasteiger partial charge < -0.3 is 9.84 Å². The number of aromatic nitrogens is 1. The molecule has 0 spiro atoms. The van der Waals surface area contributed by atoms with Crippen molar-refractivity contribution >= 4 is 5.97 Å². The van der Waals surface area contributed by atoms with E-state index in [-0.39, 0.29) is 11.3 Å². The lowest BCUT2D eigenvalue weighted by Gasteiger charge is -2.47. The third kappa shape index (κ3) is 1.93. The summed E-state index contributed by atoms with van der Waals surface area (Å²) in [5.41, 5.74) is 0.628. The lowest BCUT2D eigenvalue weighted by atomic mass is 9.65. The normalized spacial score (nSPS) is 19.7. The predicted octanol–water partition coefficient (Wildman–Crippen LogP) is 1.71. The lowest BCUT2D eigenvalue weighted by Crippen LogP contribution is -2.56. The molecule has 0 aliphatic carbocycles. The molecule has 2 rings (SSSR count). The van der Waals surface area contributed by atoms with Crippen molar-refractivity contribution in [2.45, 2.75) is 19.3 Å². The molecule has 1 aliphatic heterocycles. The number of carboxylic acids is 1. The molecule has 0 bridgehead atoms. The van der Waals surface area contributed by atoms with Crippen molar-refractivity contribution in [3.63, 3.8) is 0 Å². The van der Waals surface area contributed by atoms with Crippen molar-refractivity contribution in [3.05, 3.63) is 30.1 Å². The minimum atomic E-state index is -0.750. The molecule has 0 aromatic carbocycles. The SMILES string of the molecule is CC(C)C(C(=O)O)C1(c2ccncc2)COC1. The van der Waals surface area contributed by atoms with Gasteiger partial charge in [-0.2, -0.15) is 0 Å². The Hall–Kier alpha value is -1.42. The molecule has 1 aromatic rings. The fourth-order valence-corrected chi connectivity index (χ4v) is 2.69. The molecule has 1 atom stereocenters. The largest absolute Gasteiger partial charge is 0.481 e. The summed E-state index contributed by atoms with van der Waals surface area (Å²) in [6, 6.07) is 3.78. The van der Waals surface area contributed by atoms with Crippen LogP contribution >= 0.6 is 0 Å². The highest BCUT2D eigenvalue weighted by molar-refractivity contribution is 5.73. The summed E-state index contributed by atoms with van der Waals surface area (Å²) in [7, 11) is 0. The van der Waals surface area contributed by atoms with Gasteiger partial charge in [0.15, 0.2) is 0 Å². The first kappa shape index (κ1) is 12.0. The fourth-order valence-electron chi connectivity index (χ4n) is 2.69. The van der Waals surface area contributed by atoms with E-state index in [0.29, 0.717) is 13.2 Å². The zero-order valence-corrected chi connectivity index (χ0v) is 10.1. The molecule has 1 aliphatic rings. The minimum absolute atomic E-state index is 0.0737. The Kier molecular flexibility index (Phi) is 3.15. The van der Waals surface area contributed by atoms with Crippen LogP contribution in [0.3, 0.4) is 0 Å². The first-order valence-corrected chi connectivity index (χ1v) is 5.79. The number of pyridine rings is 1. The summed E-state index contributed by atoms with van der Waals surface area (Å²) in [5.74, 6) is -1.09. The van der Waals surface area contributed by atoms with E-state index in [2.05, 4.69) is 4.98 Å². The van der Waals surface area contributed by atoms with Gasteiger partial charge in [0.2, 0.25) is 0 Å². The van der Waals surface area contributed by atoms with Crippen molar-refractivity contribution < 1.29 is 14.6 Å². The molecule has 92 valence electrons. The van der Waals surface area contributed by atoms with Gasteiger partial charge in [-0.15, -0.1) is 0 Å². The Morgan fingerprint density at radius 2 is 2.00 bits per heavy atom. The second kappa shape index (κ2) is 4.45. The highest BCUT2D eigenvalue weighted by atomic mass is 16.5. The molecule has 4 nitrogen and oxygen atoms in total. The lowest BCUT2D eigenvalue weighted by molar-refractivity contribution is -0.161. The Labute approximate surface area is 101 Å². The summed E-state index contributed by atoms with van der Waals surface area (Å²) in [5, 5.41) is 9.43. The number of aliphatic carboxylic acids is 1. The fraction of sp³-hybridized carbons (Fsp3) is 0.538. The number of ether oxygens (including phenoxy) is 1. The third-order valence-corrected chi connectivity index (χ3v) is 3.50. The van der Waals surface area contributed by atoms with E-state index in [4.69, 9.17) is 4.74 Å². The molecule has 0 radical (unpaired) electrons. The Morgan fingerprint density at radius 1 is 1.41 bits per heavy atom. The molecule has 0 saturated carbocycles. The van der Waals surface area contributed by atoms with Crippen LogP contribution in [0.15, 0.2) is 24.5 Å². The van der Waals surface area contributed by atoms with Gasteiger partial charge in [-0.25, -0.2) is 0 Å². The van der Waals surface area contributed by atoms with Crippen LogP contribution in [0.4, 0.5) is 0 Å². The van der Waals surface area contributed by atoms with Crippen LogP contribution in [0.1, 0.15) is 19.4 Å². The van der Waals surface area contributed by atoms with Crippen LogP contribution in [0.2, 0.25) is 0 Å². The van der Waals surface area contributed by atoms with Crippen molar-refractivity contribution in [3.8, 4) is 0 Å². The van der Waals surface area contributed by atoms with Gasteiger partial charge in [0, 0.05) is 12.4 Å². The van der Waals surface area contributed by atoms with Gasteiger partial charge in [0.25, 0.3) is 0 Å². The molecule has 1 fully saturated rings.